The normalized spacial score (nSPS) is 14.8. The monoisotopic (exact) mass is 431 g/mol. The predicted octanol–water partition coefficient (Wildman–Crippen LogP) is 4.44. The zero-order chi connectivity index (χ0) is 18.7. The van der Waals surface area contributed by atoms with E-state index in [1.54, 1.807) is 17.6 Å². The average molecular weight is 433 g/mol. The summed E-state index contributed by atoms with van der Waals surface area (Å²) in [5.74, 6) is -0.621. The molecule has 3 heterocycles. The van der Waals surface area contributed by atoms with Crippen LogP contribution in [0.2, 0.25) is 15.2 Å². The Morgan fingerprint density at radius 3 is 2.69 bits per heavy atom. The Bertz CT molecular complexity index is 849. The fourth-order valence-electron chi connectivity index (χ4n) is 2.59. The second-order valence-electron chi connectivity index (χ2n) is 5.72. The van der Waals surface area contributed by atoms with Gasteiger partial charge in [0.15, 0.2) is 10.8 Å². The Hall–Kier alpha value is -1.54. The molecule has 3 N–H and O–H groups in total. The summed E-state index contributed by atoms with van der Waals surface area (Å²) in [6.07, 6.45) is 5.30. The van der Waals surface area contributed by atoms with Crippen molar-refractivity contribution in [3.63, 3.8) is 0 Å². The first-order valence-corrected chi connectivity index (χ1v) is 9.90. The van der Waals surface area contributed by atoms with Gasteiger partial charge in [0.25, 0.3) is 5.91 Å². The highest BCUT2D eigenvalue weighted by Gasteiger charge is 2.19. The second kappa shape index (κ2) is 8.43. The van der Waals surface area contributed by atoms with Crippen LogP contribution in [0.4, 0.5) is 10.7 Å². The summed E-state index contributed by atoms with van der Waals surface area (Å²) in [4.78, 5) is 19.3. The van der Waals surface area contributed by atoms with Crippen LogP contribution in [0.25, 0.3) is 0 Å². The lowest BCUT2D eigenvalue weighted by atomic mass is 10.1. The number of anilines is 2. The van der Waals surface area contributed by atoms with E-state index in [9.17, 15) is 4.79 Å². The molecule has 0 spiro atoms. The van der Waals surface area contributed by atoms with Gasteiger partial charge in [0.2, 0.25) is 0 Å². The molecule has 1 amide bonds. The summed E-state index contributed by atoms with van der Waals surface area (Å²) in [5.41, 5.74) is 7.95. The molecule has 0 radical (unpaired) electrons. The lowest BCUT2D eigenvalue weighted by molar-refractivity contribution is 0.0950. The highest BCUT2D eigenvalue weighted by Crippen LogP contribution is 2.34. The zero-order valence-corrected chi connectivity index (χ0v) is 16.7. The lowest BCUT2D eigenvalue weighted by Crippen LogP contribution is -2.28. The number of nitrogens with zero attached hydrogens (tertiary/aromatic N) is 3. The van der Waals surface area contributed by atoms with Gasteiger partial charge in [0, 0.05) is 18.0 Å². The summed E-state index contributed by atoms with van der Waals surface area (Å²) in [6, 6.07) is 4.03. The van der Waals surface area contributed by atoms with Crippen LogP contribution in [0.5, 0.6) is 0 Å². The van der Waals surface area contributed by atoms with E-state index < -0.39 is 5.91 Å². The largest absolute Gasteiger partial charge is 0.396 e. The number of pyridine rings is 1. The summed E-state index contributed by atoms with van der Waals surface area (Å²) in [6.45, 7) is 2.16. The zero-order valence-electron chi connectivity index (χ0n) is 13.6. The molecule has 2 aromatic rings. The molecule has 1 aliphatic heterocycles. The number of amides is 1. The van der Waals surface area contributed by atoms with E-state index in [1.165, 1.54) is 24.3 Å². The van der Waals surface area contributed by atoms with E-state index >= 15 is 0 Å². The third kappa shape index (κ3) is 4.23. The number of thiophene rings is 1. The maximum Gasteiger partial charge on any atom is 0.291 e. The van der Waals surface area contributed by atoms with Gasteiger partial charge in [-0.25, -0.2) is 10.4 Å². The summed E-state index contributed by atoms with van der Waals surface area (Å²) in [5, 5.41) is 5.02. The number of carbonyl (C=O) groups excluding carboxylic acids is 1. The van der Waals surface area contributed by atoms with E-state index in [-0.39, 0.29) is 26.6 Å². The van der Waals surface area contributed by atoms with E-state index in [0.29, 0.717) is 0 Å². The fraction of sp³-hybridized carbons (Fsp3) is 0.312. The van der Waals surface area contributed by atoms with Crippen LogP contribution < -0.4 is 16.1 Å². The number of nitrogens with two attached hydrogens (primary N) is 1. The number of rotatable bonds is 4. The quantitative estimate of drug-likeness (QED) is 0.425. The molecule has 26 heavy (non-hydrogen) atoms. The molecule has 0 aromatic carbocycles. The fourth-order valence-corrected chi connectivity index (χ4v) is 4.11. The number of halogens is 3. The van der Waals surface area contributed by atoms with Gasteiger partial charge in [-0.05, 0) is 31.4 Å². The molecule has 0 aliphatic carbocycles. The number of nitrogens with one attached hydrogen (secondary N) is 1. The average Bonchev–Trinajstić information content (AvgIpc) is 3.12. The minimum atomic E-state index is -0.621. The van der Waals surface area contributed by atoms with Crippen LogP contribution in [0.3, 0.4) is 0 Å². The number of hydrogen-bond donors (Lipinski definition) is 2. The van der Waals surface area contributed by atoms with Crippen LogP contribution in [-0.2, 0) is 0 Å². The van der Waals surface area contributed by atoms with Gasteiger partial charge in [0.1, 0.15) is 5.02 Å². The Balaban J connectivity index is 1.65. The van der Waals surface area contributed by atoms with Crippen molar-refractivity contribution in [2.75, 3.05) is 23.7 Å². The number of hydrogen-bond acceptors (Lipinski definition) is 6. The summed E-state index contributed by atoms with van der Waals surface area (Å²) >= 11 is 19.3. The lowest BCUT2D eigenvalue weighted by Gasteiger charge is -2.27. The molecule has 0 unspecified atom stereocenters. The SMILES string of the molecule is Nc1c(Cl)c(Cl)nc(C(=O)NN=Cc2ccc(N3CCCCC3)s2)c1Cl. The molecule has 1 aliphatic rings. The number of piperidine rings is 1. The smallest absolute Gasteiger partial charge is 0.291 e. The molecule has 0 saturated carbocycles. The standard InChI is InChI=1S/C16H16Cl3N5OS/c17-11-13(20)12(18)15(19)22-14(11)16(25)23-21-8-9-4-5-10(26-9)24-6-2-1-3-7-24/h4-5,8H,1-3,6-7H2,(H2,20,22)(H,23,25). The van der Waals surface area contributed by atoms with Crippen LogP contribution in [0, 0.1) is 0 Å². The third-order valence-corrected chi connectivity index (χ3v) is 6.14. The first-order valence-electron chi connectivity index (χ1n) is 7.95. The van der Waals surface area contributed by atoms with Gasteiger partial charge >= 0.3 is 0 Å². The molecular formula is C16H16Cl3N5OS. The number of nitrogen functional groups attached to an aromatic ring is 1. The third-order valence-electron chi connectivity index (χ3n) is 3.93. The van der Waals surface area contributed by atoms with Crippen LogP contribution >= 0.6 is 46.1 Å². The van der Waals surface area contributed by atoms with Gasteiger partial charge in [-0.15, -0.1) is 11.3 Å². The maximum atomic E-state index is 12.2. The van der Waals surface area contributed by atoms with Gasteiger partial charge in [0.05, 0.1) is 21.9 Å². The highest BCUT2D eigenvalue weighted by molar-refractivity contribution is 7.17. The van der Waals surface area contributed by atoms with Crippen molar-refractivity contribution < 1.29 is 4.79 Å². The van der Waals surface area contributed by atoms with E-state index in [1.807, 2.05) is 6.07 Å². The number of hydrazone groups is 1. The van der Waals surface area contributed by atoms with E-state index in [2.05, 4.69) is 26.5 Å². The molecule has 0 bridgehead atoms. The Morgan fingerprint density at radius 2 is 1.96 bits per heavy atom. The van der Waals surface area contributed by atoms with Crippen LogP contribution in [0.1, 0.15) is 34.6 Å². The topological polar surface area (TPSA) is 83.6 Å². The van der Waals surface area contributed by atoms with Gasteiger partial charge < -0.3 is 10.6 Å². The molecular weight excluding hydrogens is 417 g/mol. The number of carbonyl (C=O) groups is 1. The van der Waals surface area contributed by atoms with Crippen molar-refractivity contribution in [1.82, 2.24) is 10.4 Å². The predicted molar refractivity (Wildman–Crippen MR) is 109 cm³/mol. The second-order valence-corrected chi connectivity index (χ2v) is 7.92. The molecule has 6 nitrogen and oxygen atoms in total. The van der Waals surface area contributed by atoms with Crippen molar-refractivity contribution in [1.29, 1.82) is 0 Å². The van der Waals surface area contributed by atoms with E-state index in [0.717, 1.165) is 18.0 Å². The molecule has 1 fully saturated rings. The summed E-state index contributed by atoms with van der Waals surface area (Å²) < 4.78 is 0. The van der Waals surface area contributed by atoms with Crippen LogP contribution in [-0.4, -0.2) is 30.2 Å². The van der Waals surface area contributed by atoms with Gasteiger partial charge in [-0.1, -0.05) is 34.8 Å². The first-order chi connectivity index (χ1) is 12.5. The highest BCUT2D eigenvalue weighted by atomic mass is 35.5. The minimum absolute atomic E-state index is 0.00638. The molecule has 3 rings (SSSR count). The Morgan fingerprint density at radius 1 is 1.23 bits per heavy atom. The number of aromatic nitrogens is 1. The maximum absolute atomic E-state index is 12.2. The van der Waals surface area contributed by atoms with Crippen LogP contribution in [0.15, 0.2) is 17.2 Å². The minimum Gasteiger partial charge on any atom is -0.396 e. The van der Waals surface area contributed by atoms with Gasteiger partial charge in [-0.2, -0.15) is 5.10 Å². The van der Waals surface area contributed by atoms with Crippen molar-refractivity contribution in [2.45, 2.75) is 19.3 Å². The molecule has 0 atom stereocenters. The van der Waals surface area contributed by atoms with Crippen molar-refractivity contribution in [2.24, 2.45) is 5.10 Å². The molecule has 1 saturated heterocycles. The van der Waals surface area contributed by atoms with Crippen molar-refractivity contribution >= 4 is 68.9 Å². The molecule has 138 valence electrons. The molecule has 10 heteroatoms. The summed E-state index contributed by atoms with van der Waals surface area (Å²) in [7, 11) is 0. The van der Waals surface area contributed by atoms with Crippen molar-refractivity contribution in [3.8, 4) is 0 Å². The first kappa shape index (κ1) is 19.2. The Labute approximate surface area is 169 Å². The van der Waals surface area contributed by atoms with Gasteiger partial charge in [-0.3, -0.25) is 4.79 Å². The van der Waals surface area contributed by atoms with E-state index in [4.69, 9.17) is 40.5 Å². The van der Waals surface area contributed by atoms with Crippen molar-refractivity contribution in [3.05, 3.63) is 37.9 Å². The molecule has 2 aromatic heterocycles. The Kier molecular flexibility index (Phi) is 6.24.